The second kappa shape index (κ2) is 9.98. The summed E-state index contributed by atoms with van der Waals surface area (Å²) in [5.41, 5.74) is 3.60. The number of hydrogen-bond acceptors (Lipinski definition) is 4. The summed E-state index contributed by atoms with van der Waals surface area (Å²) >= 11 is 0. The molecule has 26 heavy (non-hydrogen) atoms. The van der Waals surface area contributed by atoms with Gasteiger partial charge in [-0.3, -0.25) is 0 Å². The van der Waals surface area contributed by atoms with Crippen molar-refractivity contribution in [2.45, 2.75) is 19.8 Å². The minimum Gasteiger partial charge on any atom is -0.392 e. The fraction of sp³-hybridized carbons (Fsp3) is 0.250. The molecule has 0 radical (unpaired) electrons. The fourth-order valence-corrected chi connectivity index (χ4v) is 2.47. The Kier molecular flexibility index (Phi) is 7.36. The van der Waals surface area contributed by atoms with Crippen LogP contribution in [-0.4, -0.2) is 35.1 Å². The molecule has 4 N–H and O–H groups in total. The van der Waals surface area contributed by atoms with Gasteiger partial charge < -0.3 is 21.0 Å². The summed E-state index contributed by atoms with van der Waals surface area (Å²) in [5.74, 6) is 0.695. The third-order valence-corrected chi connectivity index (χ3v) is 3.87. The molecule has 0 saturated carbocycles. The van der Waals surface area contributed by atoms with E-state index in [4.69, 9.17) is 5.41 Å². The van der Waals surface area contributed by atoms with E-state index in [2.05, 4.69) is 44.3 Å². The molecule has 0 fully saturated rings. The lowest BCUT2D eigenvalue weighted by atomic mass is 10.1. The fourth-order valence-electron chi connectivity index (χ4n) is 2.47. The van der Waals surface area contributed by atoms with Gasteiger partial charge in [-0.25, -0.2) is 9.98 Å². The van der Waals surface area contributed by atoms with E-state index in [1.165, 1.54) is 17.1 Å². The Morgan fingerprint density at radius 2 is 2.31 bits per heavy atom. The number of H-pyrrole nitrogens is 1. The van der Waals surface area contributed by atoms with Gasteiger partial charge in [-0.2, -0.15) is 0 Å². The molecule has 0 aliphatic carbocycles. The average Bonchev–Trinajstić information content (AvgIpc) is 3.06. The van der Waals surface area contributed by atoms with Crippen LogP contribution < -0.4 is 10.6 Å². The van der Waals surface area contributed by atoms with Crippen molar-refractivity contribution in [3.8, 4) is 0 Å². The van der Waals surface area contributed by atoms with Gasteiger partial charge in [0, 0.05) is 36.7 Å². The molecule has 2 aromatic rings. The van der Waals surface area contributed by atoms with Crippen LogP contribution in [0.4, 0.5) is 0 Å². The zero-order chi connectivity index (χ0) is 18.8. The molecule has 0 aromatic carbocycles. The van der Waals surface area contributed by atoms with Gasteiger partial charge in [0.1, 0.15) is 11.5 Å². The Morgan fingerprint density at radius 1 is 1.46 bits per heavy atom. The van der Waals surface area contributed by atoms with E-state index in [1.807, 2.05) is 32.3 Å². The quantitative estimate of drug-likeness (QED) is 0.413. The van der Waals surface area contributed by atoms with Crippen molar-refractivity contribution in [1.29, 1.82) is 5.41 Å². The second-order valence-electron chi connectivity index (χ2n) is 5.81. The summed E-state index contributed by atoms with van der Waals surface area (Å²) in [5, 5.41) is 15.3. The summed E-state index contributed by atoms with van der Waals surface area (Å²) in [7, 11) is 1.84. The molecule has 6 nitrogen and oxygen atoms in total. The van der Waals surface area contributed by atoms with Crippen LogP contribution in [0.25, 0.3) is 11.0 Å². The van der Waals surface area contributed by atoms with Gasteiger partial charge in [0.2, 0.25) is 0 Å². The van der Waals surface area contributed by atoms with Gasteiger partial charge in [0.15, 0.2) is 0 Å². The summed E-state index contributed by atoms with van der Waals surface area (Å²) in [6, 6.07) is 4.03. The van der Waals surface area contributed by atoms with Crippen molar-refractivity contribution in [2.24, 2.45) is 4.99 Å². The van der Waals surface area contributed by atoms with Gasteiger partial charge in [0.25, 0.3) is 0 Å². The highest BCUT2D eigenvalue weighted by molar-refractivity contribution is 6.00. The first-order valence-electron chi connectivity index (χ1n) is 8.57. The first-order chi connectivity index (χ1) is 12.6. The van der Waals surface area contributed by atoms with Gasteiger partial charge in [-0.05, 0) is 49.6 Å². The number of fused-ring (bicyclic) bond motifs is 1. The monoisotopic (exact) mass is 350 g/mol. The Hall–Kier alpha value is -3.15. The summed E-state index contributed by atoms with van der Waals surface area (Å²) in [6.45, 7) is 5.98. The predicted molar refractivity (Wildman–Crippen MR) is 110 cm³/mol. The lowest BCUT2D eigenvalue weighted by Crippen LogP contribution is -2.27. The van der Waals surface area contributed by atoms with E-state index in [0.29, 0.717) is 18.1 Å². The standard InChI is InChI=1S/C20H26N6/c1-4-23-19(25-14-17(21)12-15(2)22-3)10-6-5-8-16-13-26-20-18(16)9-7-11-24-20/h4,6-7,9-13,21-22H,1,5,8,14H2,2-3H3,(H,23,25)(H,24,26)/b10-6-,15-12-,21-17?. The minimum absolute atomic E-state index is 0.407. The van der Waals surface area contributed by atoms with Crippen molar-refractivity contribution in [1.82, 2.24) is 20.6 Å². The van der Waals surface area contributed by atoms with E-state index in [9.17, 15) is 0 Å². The lowest BCUT2D eigenvalue weighted by molar-refractivity contribution is 0.986. The van der Waals surface area contributed by atoms with E-state index in [0.717, 1.165) is 24.2 Å². The van der Waals surface area contributed by atoms with E-state index < -0.39 is 0 Å². The largest absolute Gasteiger partial charge is 0.392 e. The molecule has 0 atom stereocenters. The molecule has 0 spiro atoms. The van der Waals surface area contributed by atoms with Gasteiger partial charge in [-0.15, -0.1) is 0 Å². The van der Waals surface area contributed by atoms with Gasteiger partial charge in [-0.1, -0.05) is 12.7 Å². The highest BCUT2D eigenvalue weighted by Gasteiger charge is 2.02. The molecule has 2 heterocycles. The molecule has 2 aromatic heterocycles. The van der Waals surface area contributed by atoms with E-state index in [1.54, 1.807) is 12.3 Å². The Balaban J connectivity index is 1.88. The van der Waals surface area contributed by atoms with Crippen LogP contribution in [0, 0.1) is 5.41 Å². The van der Waals surface area contributed by atoms with E-state index >= 15 is 0 Å². The SMILES string of the molecule is C=C/N=C(\C=C/CCc1c[nH]c2ncccc12)NCC(=N)/C=C(/C)NC. The summed E-state index contributed by atoms with van der Waals surface area (Å²) < 4.78 is 0. The minimum atomic E-state index is 0.407. The molecule has 0 aliphatic rings. The number of rotatable bonds is 9. The first-order valence-corrected chi connectivity index (χ1v) is 8.57. The van der Waals surface area contributed by atoms with E-state index in [-0.39, 0.29) is 0 Å². The lowest BCUT2D eigenvalue weighted by Gasteiger charge is -2.06. The molecule has 2 rings (SSSR count). The molecule has 0 unspecified atom stereocenters. The topological polar surface area (TPSA) is 89.0 Å². The Morgan fingerprint density at radius 3 is 3.08 bits per heavy atom. The second-order valence-corrected chi connectivity index (χ2v) is 5.81. The zero-order valence-electron chi connectivity index (χ0n) is 15.3. The molecule has 0 aliphatic heterocycles. The number of nitrogens with one attached hydrogen (secondary N) is 4. The summed E-state index contributed by atoms with van der Waals surface area (Å²) in [6.07, 6.45) is 12.9. The van der Waals surface area contributed by atoms with Crippen LogP contribution in [0.1, 0.15) is 18.9 Å². The smallest absolute Gasteiger partial charge is 0.137 e. The van der Waals surface area contributed by atoms with Crippen molar-refractivity contribution in [2.75, 3.05) is 13.6 Å². The molecular weight excluding hydrogens is 324 g/mol. The third kappa shape index (κ3) is 5.73. The van der Waals surface area contributed by atoms with Crippen molar-refractivity contribution >= 4 is 22.6 Å². The van der Waals surface area contributed by atoms with Crippen LogP contribution in [0.2, 0.25) is 0 Å². The van der Waals surface area contributed by atoms with Gasteiger partial charge >= 0.3 is 0 Å². The van der Waals surface area contributed by atoms with Crippen molar-refractivity contribution in [3.05, 3.63) is 66.8 Å². The maximum atomic E-state index is 7.94. The third-order valence-electron chi connectivity index (χ3n) is 3.87. The number of aryl methyl sites for hydroxylation is 1. The highest BCUT2D eigenvalue weighted by atomic mass is 15.0. The van der Waals surface area contributed by atoms with Gasteiger partial charge in [0.05, 0.1) is 12.3 Å². The number of nitrogens with zero attached hydrogens (tertiary/aromatic N) is 2. The molecular formula is C20H26N6. The maximum absolute atomic E-state index is 7.94. The first kappa shape index (κ1) is 19.2. The Bertz CT molecular complexity index is 841. The molecule has 0 amide bonds. The summed E-state index contributed by atoms with van der Waals surface area (Å²) in [4.78, 5) is 11.7. The van der Waals surface area contributed by atoms with Crippen LogP contribution in [0.15, 0.2) is 66.2 Å². The number of aromatic amines is 1. The zero-order valence-corrected chi connectivity index (χ0v) is 15.3. The molecule has 6 heteroatoms. The van der Waals surface area contributed by atoms with Crippen LogP contribution in [0.5, 0.6) is 0 Å². The highest BCUT2D eigenvalue weighted by Crippen LogP contribution is 2.17. The van der Waals surface area contributed by atoms with Crippen molar-refractivity contribution in [3.63, 3.8) is 0 Å². The predicted octanol–water partition coefficient (Wildman–Crippen LogP) is 3.33. The van der Waals surface area contributed by atoms with Crippen molar-refractivity contribution < 1.29 is 0 Å². The Labute approximate surface area is 154 Å². The van der Waals surface area contributed by atoms with Crippen LogP contribution >= 0.6 is 0 Å². The van der Waals surface area contributed by atoms with Crippen LogP contribution in [-0.2, 0) is 6.42 Å². The normalized spacial score (nSPS) is 12.5. The number of amidine groups is 1. The number of pyridine rings is 1. The number of allylic oxidation sites excluding steroid dienone is 2. The maximum Gasteiger partial charge on any atom is 0.137 e. The molecule has 136 valence electrons. The number of aliphatic imine (C=N–C) groups is 1. The molecule has 0 bridgehead atoms. The van der Waals surface area contributed by atoms with Crippen LogP contribution in [0.3, 0.4) is 0 Å². The molecule has 0 saturated heterocycles. The number of hydrogen-bond donors (Lipinski definition) is 4. The average molecular weight is 350 g/mol. The number of aromatic nitrogens is 2.